The summed E-state index contributed by atoms with van der Waals surface area (Å²) in [5.74, 6) is 0.0752. The molecule has 1 heterocycles. The van der Waals surface area contributed by atoms with Gasteiger partial charge in [0.1, 0.15) is 5.75 Å². The van der Waals surface area contributed by atoms with Crippen LogP contribution in [0.3, 0.4) is 0 Å². The van der Waals surface area contributed by atoms with Crippen molar-refractivity contribution in [3.8, 4) is 5.75 Å². The highest BCUT2D eigenvalue weighted by molar-refractivity contribution is 5.29. The third-order valence-electron chi connectivity index (χ3n) is 1.51. The van der Waals surface area contributed by atoms with E-state index in [1.165, 1.54) is 20.4 Å². The highest BCUT2D eigenvalue weighted by atomic mass is 16.7. The third-order valence-corrected chi connectivity index (χ3v) is 1.51. The van der Waals surface area contributed by atoms with Crippen LogP contribution in [0.2, 0.25) is 0 Å². The number of pyridine rings is 1. The molecule has 4 heteroatoms. The number of nitrogens with zero attached hydrogens (tertiary/aromatic N) is 1. The van der Waals surface area contributed by atoms with Crippen LogP contribution in [0.1, 0.15) is 11.9 Å². The molecule has 0 aliphatic rings. The van der Waals surface area contributed by atoms with Crippen LogP contribution in [0, 0.1) is 0 Å². The van der Waals surface area contributed by atoms with Crippen molar-refractivity contribution in [3.05, 3.63) is 24.0 Å². The summed E-state index contributed by atoms with van der Waals surface area (Å²) in [7, 11) is 3.02. The minimum Gasteiger partial charge on any atom is -0.506 e. The van der Waals surface area contributed by atoms with Crippen LogP contribution in [0.25, 0.3) is 0 Å². The van der Waals surface area contributed by atoms with E-state index in [4.69, 9.17) is 9.47 Å². The summed E-state index contributed by atoms with van der Waals surface area (Å²) in [4.78, 5) is 3.73. The molecule has 66 valence electrons. The maximum absolute atomic E-state index is 9.32. The zero-order valence-electron chi connectivity index (χ0n) is 7.02. The summed E-state index contributed by atoms with van der Waals surface area (Å²) >= 11 is 0. The van der Waals surface area contributed by atoms with E-state index < -0.39 is 6.29 Å². The highest BCUT2D eigenvalue weighted by Crippen LogP contribution is 2.24. The molecule has 0 aliphatic heterocycles. The smallest absolute Gasteiger partial charge is 0.186 e. The molecule has 0 saturated heterocycles. The molecular formula is C8H11NO3. The van der Waals surface area contributed by atoms with Crippen LogP contribution in [-0.2, 0) is 9.47 Å². The molecular weight excluding hydrogens is 158 g/mol. The van der Waals surface area contributed by atoms with Crippen LogP contribution in [0.4, 0.5) is 0 Å². The van der Waals surface area contributed by atoms with E-state index in [-0.39, 0.29) is 5.75 Å². The predicted octanol–water partition coefficient (Wildman–Crippen LogP) is 1.08. The van der Waals surface area contributed by atoms with E-state index in [9.17, 15) is 5.11 Å². The first-order valence-corrected chi connectivity index (χ1v) is 3.48. The second-order valence-electron chi connectivity index (χ2n) is 2.24. The fraction of sp³-hybridized carbons (Fsp3) is 0.375. The Bertz CT molecular complexity index is 248. The molecule has 0 unspecified atom stereocenters. The van der Waals surface area contributed by atoms with Gasteiger partial charge in [0.2, 0.25) is 0 Å². The minimum atomic E-state index is -0.534. The monoisotopic (exact) mass is 169 g/mol. The van der Waals surface area contributed by atoms with Gasteiger partial charge in [0.15, 0.2) is 6.29 Å². The molecule has 1 rings (SSSR count). The largest absolute Gasteiger partial charge is 0.506 e. The Morgan fingerprint density at radius 3 is 2.58 bits per heavy atom. The van der Waals surface area contributed by atoms with E-state index >= 15 is 0 Å². The molecule has 1 aromatic heterocycles. The van der Waals surface area contributed by atoms with Gasteiger partial charge in [-0.05, 0) is 6.07 Å². The fourth-order valence-electron chi connectivity index (χ4n) is 0.946. The SMILES string of the molecule is COC(OC)c1ccncc1O. The number of aromatic hydroxyl groups is 1. The second kappa shape index (κ2) is 4.04. The Kier molecular flexibility index (Phi) is 3.01. The van der Waals surface area contributed by atoms with Gasteiger partial charge in [0.05, 0.1) is 11.8 Å². The van der Waals surface area contributed by atoms with E-state index in [0.717, 1.165) is 0 Å². The Hall–Kier alpha value is -1.13. The summed E-state index contributed by atoms with van der Waals surface area (Å²) in [6.45, 7) is 0. The molecule has 4 nitrogen and oxygen atoms in total. The maximum Gasteiger partial charge on any atom is 0.186 e. The van der Waals surface area contributed by atoms with Gasteiger partial charge >= 0.3 is 0 Å². The molecule has 0 aromatic carbocycles. The molecule has 0 spiro atoms. The standard InChI is InChI=1S/C8H11NO3/c1-11-8(12-2)6-3-4-9-5-7(6)10/h3-5,8,10H,1-2H3. The van der Waals surface area contributed by atoms with Crippen LogP contribution in [-0.4, -0.2) is 24.3 Å². The maximum atomic E-state index is 9.32. The zero-order valence-corrected chi connectivity index (χ0v) is 7.02. The van der Waals surface area contributed by atoms with Gasteiger partial charge in [-0.15, -0.1) is 0 Å². The van der Waals surface area contributed by atoms with Crippen LogP contribution in [0.15, 0.2) is 18.5 Å². The van der Waals surface area contributed by atoms with Crippen molar-refractivity contribution in [1.82, 2.24) is 4.98 Å². The zero-order chi connectivity index (χ0) is 8.97. The Morgan fingerprint density at radius 1 is 1.42 bits per heavy atom. The average molecular weight is 169 g/mol. The molecule has 0 aliphatic carbocycles. The van der Waals surface area contributed by atoms with Crippen molar-refractivity contribution >= 4 is 0 Å². The van der Waals surface area contributed by atoms with Gasteiger partial charge < -0.3 is 14.6 Å². The van der Waals surface area contributed by atoms with E-state index in [1.54, 1.807) is 12.3 Å². The normalized spacial score (nSPS) is 10.6. The first kappa shape index (κ1) is 8.96. The van der Waals surface area contributed by atoms with Gasteiger partial charge in [-0.2, -0.15) is 0 Å². The molecule has 12 heavy (non-hydrogen) atoms. The Balaban J connectivity index is 2.92. The first-order chi connectivity index (χ1) is 5.79. The van der Waals surface area contributed by atoms with Crippen LogP contribution in [0.5, 0.6) is 5.75 Å². The van der Waals surface area contributed by atoms with E-state index in [0.29, 0.717) is 5.56 Å². The summed E-state index contributed by atoms with van der Waals surface area (Å²) in [5.41, 5.74) is 0.579. The van der Waals surface area contributed by atoms with Crippen LogP contribution >= 0.6 is 0 Å². The lowest BCUT2D eigenvalue weighted by Crippen LogP contribution is -2.03. The average Bonchev–Trinajstić information content (AvgIpc) is 2.10. The molecule has 0 radical (unpaired) electrons. The number of methoxy groups -OCH3 is 2. The molecule has 0 fully saturated rings. The lowest BCUT2D eigenvalue weighted by Gasteiger charge is -2.13. The van der Waals surface area contributed by atoms with Gasteiger partial charge in [-0.25, -0.2) is 0 Å². The first-order valence-electron chi connectivity index (χ1n) is 3.48. The van der Waals surface area contributed by atoms with Crippen molar-refractivity contribution < 1.29 is 14.6 Å². The summed E-state index contributed by atoms with van der Waals surface area (Å²) in [6, 6.07) is 1.65. The molecule has 1 aromatic rings. The number of hydrogen-bond acceptors (Lipinski definition) is 4. The van der Waals surface area contributed by atoms with Crippen molar-refractivity contribution in [1.29, 1.82) is 0 Å². The van der Waals surface area contributed by atoms with Crippen molar-refractivity contribution in [2.24, 2.45) is 0 Å². The van der Waals surface area contributed by atoms with E-state index in [2.05, 4.69) is 4.98 Å². The fourth-order valence-corrected chi connectivity index (χ4v) is 0.946. The molecule has 0 atom stereocenters. The molecule has 1 N–H and O–H groups in total. The van der Waals surface area contributed by atoms with Gasteiger partial charge in [0, 0.05) is 20.4 Å². The summed E-state index contributed by atoms with van der Waals surface area (Å²) in [5, 5.41) is 9.32. The topological polar surface area (TPSA) is 51.6 Å². The predicted molar refractivity (Wildman–Crippen MR) is 42.7 cm³/mol. The van der Waals surface area contributed by atoms with Crippen molar-refractivity contribution in [3.63, 3.8) is 0 Å². The minimum absolute atomic E-state index is 0.0752. The lowest BCUT2D eigenvalue weighted by atomic mass is 10.2. The van der Waals surface area contributed by atoms with E-state index in [1.807, 2.05) is 0 Å². The molecule has 0 amide bonds. The Morgan fingerprint density at radius 2 is 2.08 bits per heavy atom. The van der Waals surface area contributed by atoms with Crippen molar-refractivity contribution in [2.45, 2.75) is 6.29 Å². The van der Waals surface area contributed by atoms with Crippen molar-refractivity contribution in [2.75, 3.05) is 14.2 Å². The lowest BCUT2D eigenvalue weighted by molar-refractivity contribution is -0.107. The van der Waals surface area contributed by atoms with Crippen LogP contribution < -0.4 is 0 Å². The summed E-state index contributed by atoms with van der Waals surface area (Å²) in [6.07, 6.45) is 2.38. The second-order valence-corrected chi connectivity index (χ2v) is 2.24. The number of hydrogen-bond donors (Lipinski definition) is 1. The number of rotatable bonds is 3. The molecule has 0 saturated carbocycles. The number of ether oxygens (including phenoxy) is 2. The highest BCUT2D eigenvalue weighted by Gasteiger charge is 2.12. The number of aromatic nitrogens is 1. The van der Waals surface area contributed by atoms with Gasteiger partial charge in [-0.1, -0.05) is 0 Å². The quantitative estimate of drug-likeness (QED) is 0.688. The molecule has 0 bridgehead atoms. The summed E-state index contributed by atoms with van der Waals surface area (Å²) < 4.78 is 9.91. The van der Waals surface area contributed by atoms with Gasteiger partial charge in [0.25, 0.3) is 0 Å². The van der Waals surface area contributed by atoms with Gasteiger partial charge in [-0.3, -0.25) is 4.98 Å². The Labute approximate surface area is 70.8 Å². The third kappa shape index (κ3) is 1.72.